The molecular formula is C16H26N2O2S. The van der Waals surface area contributed by atoms with Crippen molar-refractivity contribution in [2.75, 3.05) is 18.9 Å². The van der Waals surface area contributed by atoms with Gasteiger partial charge in [-0.05, 0) is 37.4 Å². The summed E-state index contributed by atoms with van der Waals surface area (Å²) in [4.78, 5) is 0.324. The van der Waals surface area contributed by atoms with E-state index in [0.29, 0.717) is 10.6 Å². The van der Waals surface area contributed by atoms with Crippen LogP contribution < -0.4 is 10.0 Å². The van der Waals surface area contributed by atoms with Gasteiger partial charge in [-0.25, -0.2) is 13.1 Å². The Kier molecular flexibility index (Phi) is 5.65. The standard InChI is InChI=1S/C16H26N2O2S/c1-13-7-9-14(10-8-13)11-12-18-15-5-3-4-6-16(15)21(19,20)17-2/h3-6,13-14,17-18H,7-12H2,1-2H3. The van der Waals surface area contributed by atoms with E-state index in [-0.39, 0.29) is 0 Å². The highest BCUT2D eigenvalue weighted by Crippen LogP contribution is 2.30. The molecule has 1 aromatic rings. The Bertz CT molecular complexity index is 549. The molecule has 0 amide bonds. The van der Waals surface area contributed by atoms with Crippen molar-refractivity contribution in [3.8, 4) is 0 Å². The van der Waals surface area contributed by atoms with Crippen molar-refractivity contribution in [3.05, 3.63) is 24.3 Å². The Morgan fingerprint density at radius 1 is 1.14 bits per heavy atom. The summed E-state index contributed by atoms with van der Waals surface area (Å²) in [5.41, 5.74) is 0.691. The fourth-order valence-corrected chi connectivity index (χ4v) is 3.89. The van der Waals surface area contributed by atoms with E-state index in [4.69, 9.17) is 0 Å². The van der Waals surface area contributed by atoms with Crippen LogP contribution in [0.2, 0.25) is 0 Å². The highest BCUT2D eigenvalue weighted by molar-refractivity contribution is 7.89. The maximum Gasteiger partial charge on any atom is 0.242 e. The van der Waals surface area contributed by atoms with Crippen molar-refractivity contribution in [1.29, 1.82) is 0 Å². The van der Waals surface area contributed by atoms with Gasteiger partial charge in [-0.15, -0.1) is 0 Å². The van der Waals surface area contributed by atoms with Crippen molar-refractivity contribution >= 4 is 15.7 Å². The molecule has 118 valence electrons. The fourth-order valence-electron chi connectivity index (χ4n) is 2.99. The average molecular weight is 310 g/mol. The summed E-state index contributed by atoms with van der Waals surface area (Å²) in [5.74, 6) is 1.65. The Morgan fingerprint density at radius 3 is 2.48 bits per heavy atom. The van der Waals surface area contributed by atoms with Crippen molar-refractivity contribution in [1.82, 2.24) is 4.72 Å². The average Bonchev–Trinajstić information content (AvgIpc) is 2.50. The highest BCUT2D eigenvalue weighted by Gasteiger charge is 2.19. The van der Waals surface area contributed by atoms with Crippen LogP contribution in [-0.2, 0) is 10.0 Å². The van der Waals surface area contributed by atoms with Gasteiger partial charge in [0.2, 0.25) is 10.0 Å². The van der Waals surface area contributed by atoms with Crippen LogP contribution in [0.5, 0.6) is 0 Å². The molecule has 0 radical (unpaired) electrons. The van der Waals surface area contributed by atoms with Crippen molar-refractivity contribution < 1.29 is 8.42 Å². The second kappa shape index (κ2) is 7.27. The van der Waals surface area contributed by atoms with E-state index in [1.165, 1.54) is 32.7 Å². The number of nitrogens with one attached hydrogen (secondary N) is 2. The Balaban J connectivity index is 1.92. The first-order chi connectivity index (χ1) is 10.0. The van der Waals surface area contributed by atoms with Crippen molar-refractivity contribution in [2.24, 2.45) is 11.8 Å². The lowest BCUT2D eigenvalue weighted by Gasteiger charge is -2.26. The van der Waals surface area contributed by atoms with E-state index in [9.17, 15) is 8.42 Å². The van der Waals surface area contributed by atoms with Gasteiger partial charge in [0.05, 0.1) is 5.69 Å². The van der Waals surface area contributed by atoms with E-state index in [1.807, 2.05) is 12.1 Å². The maximum absolute atomic E-state index is 12.0. The minimum Gasteiger partial charge on any atom is -0.384 e. The minimum atomic E-state index is -3.40. The largest absolute Gasteiger partial charge is 0.384 e. The molecular weight excluding hydrogens is 284 g/mol. The van der Waals surface area contributed by atoms with Gasteiger partial charge in [0, 0.05) is 6.54 Å². The van der Waals surface area contributed by atoms with E-state index in [2.05, 4.69) is 17.0 Å². The Hall–Kier alpha value is -1.07. The zero-order chi connectivity index (χ0) is 15.3. The number of para-hydroxylation sites is 1. The van der Waals surface area contributed by atoms with Crippen LogP contribution in [0.4, 0.5) is 5.69 Å². The third-order valence-corrected chi connectivity index (χ3v) is 5.92. The summed E-state index contributed by atoms with van der Waals surface area (Å²) in [6, 6.07) is 7.07. The Morgan fingerprint density at radius 2 is 1.81 bits per heavy atom. The van der Waals surface area contributed by atoms with Gasteiger partial charge < -0.3 is 5.32 Å². The zero-order valence-corrected chi connectivity index (χ0v) is 13.7. The van der Waals surface area contributed by atoms with Crippen LogP contribution >= 0.6 is 0 Å². The summed E-state index contributed by atoms with van der Waals surface area (Å²) in [6.07, 6.45) is 6.38. The number of anilines is 1. The zero-order valence-electron chi connectivity index (χ0n) is 12.9. The fraction of sp³-hybridized carbons (Fsp3) is 0.625. The summed E-state index contributed by atoms with van der Waals surface area (Å²) >= 11 is 0. The first kappa shape index (κ1) is 16.3. The molecule has 2 N–H and O–H groups in total. The third kappa shape index (κ3) is 4.45. The molecule has 1 aromatic carbocycles. The lowest BCUT2D eigenvalue weighted by Crippen LogP contribution is -2.21. The van der Waals surface area contributed by atoms with Gasteiger partial charge in [-0.3, -0.25) is 0 Å². The second-order valence-corrected chi connectivity index (χ2v) is 7.90. The summed E-state index contributed by atoms with van der Waals surface area (Å²) < 4.78 is 26.3. The maximum atomic E-state index is 12.0. The predicted octanol–water partition coefficient (Wildman–Crippen LogP) is 3.22. The molecule has 21 heavy (non-hydrogen) atoms. The summed E-state index contributed by atoms with van der Waals surface area (Å²) in [7, 11) is -1.96. The van der Waals surface area contributed by atoms with Crippen LogP contribution in [0.1, 0.15) is 39.0 Å². The SMILES string of the molecule is CNS(=O)(=O)c1ccccc1NCCC1CCC(C)CC1. The van der Waals surface area contributed by atoms with Crippen molar-refractivity contribution in [2.45, 2.75) is 43.9 Å². The lowest BCUT2D eigenvalue weighted by molar-refractivity contribution is 0.282. The molecule has 1 aliphatic carbocycles. The quantitative estimate of drug-likeness (QED) is 0.848. The molecule has 0 saturated heterocycles. The molecule has 1 saturated carbocycles. The van der Waals surface area contributed by atoms with Crippen LogP contribution in [0, 0.1) is 11.8 Å². The summed E-state index contributed by atoms with van der Waals surface area (Å²) in [6.45, 7) is 3.16. The molecule has 2 rings (SSSR count). The topological polar surface area (TPSA) is 58.2 Å². The smallest absolute Gasteiger partial charge is 0.242 e. The third-order valence-electron chi connectivity index (χ3n) is 4.45. The lowest BCUT2D eigenvalue weighted by atomic mass is 9.81. The van der Waals surface area contributed by atoms with Gasteiger partial charge in [-0.2, -0.15) is 0 Å². The number of hydrogen-bond acceptors (Lipinski definition) is 3. The molecule has 0 atom stereocenters. The molecule has 0 spiro atoms. The van der Waals surface area contributed by atoms with E-state index in [1.54, 1.807) is 12.1 Å². The molecule has 1 aliphatic rings. The van der Waals surface area contributed by atoms with Gasteiger partial charge in [0.25, 0.3) is 0 Å². The van der Waals surface area contributed by atoms with E-state index >= 15 is 0 Å². The molecule has 4 nitrogen and oxygen atoms in total. The van der Waals surface area contributed by atoms with Gasteiger partial charge >= 0.3 is 0 Å². The van der Waals surface area contributed by atoms with Crippen LogP contribution in [0.15, 0.2) is 29.2 Å². The number of hydrogen-bond donors (Lipinski definition) is 2. The second-order valence-electron chi connectivity index (χ2n) is 6.05. The number of benzene rings is 1. The molecule has 0 aliphatic heterocycles. The van der Waals surface area contributed by atoms with E-state index in [0.717, 1.165) is 24.8 Å². The van der Waals surface area contributed by atoms with Gasteiger partial charge in [0.15, 0.2) is 0 Å². The van der Waals surface area contributed by atoms with Crippen LogP contribution in [0.25, 0.3) is 0 Å². The monoisotopic (exact) mass is 310 g/mol. The normalized spacial score (nSPS) is 23.0. The van der Waals surface area contributed by atoms with Crippen LogP contribution in [-0.4, -0.2) is 22.0 Å². The molecule has 0 unspecified atom stereocenters. The molecule has 1 fully saturated rings. The predicted molar refractivity (Wildman–Crippen MR) is 86.9 cm³/mol. The molecule has 0 bridgehead atoms. The molecule has 0 heterocycles. The highest BCUT2D eigenvalue weighted by atomic mass is 32.2. The number of sulfonamides is 1. The molecule has 0 aromatic heterocycles. The first-order valence-corrected chi connectivity index (χ1v) is 9.27. The number of rotatable bonds is 6. The van der Waals surface area contributed by atoms with Gasteiger partial charge in [0.1, 0.15) is 4.90 Å². The summed E-state index contributed by atoms with van der Waals surface area (Å²) in [5, 5.41) is 3.29. The van der Waals surface area contributed by atoms with E-state index < -0.39 is 10.0 Å². The van der Waals surface area contributed by atoms with Crippen molar-refractivity contribution in [3.63, 3.8) is 0 Å². The van der Waals surface area contributed by atoms with Crippen LogP contribution in [0.3, 0.4) is 0 Å². The van der Waals surface area contributed by atoms with Gasteiger partial charge in [-0.1, -0.05) is 44.7 Å². The Labute approximate surface area is 128 Å². The minimum absolute atomic E-state index is 0.324. The first-order valence-electron chi connectivity index (χ1n) is 7.79. The molecule has 5 heteroatoms.